The van der Waals surface area contributed by atoms with Gasteiger partial charge in [0.05, 0.1) is 6.10 Å². The molecule has 0 aromatic carbocycles. The highest BCUT2D eigenvalue weighted by molar-refractivity contribution is 5.33. The Morgan fingerprint density at radius 3 is 2.65 bits per heavy atom. The normalized spacial score (nSPS) is 41.2. The van der Waals surface area contributed by atoms with Crippen molar-refractivity contribution in [3.8, 4) is 0 Å². The van der Waals surface area contributed by atoms with Gasteiger partial charge >= 0.3 is 0 Å². The highest BCUT2D eigenvalue weighted by Gasteiger charge is 2.54. The van der Waals surface area contributed by atoms with E-state index in [2.05, 4.69) is 33.8 Å². The molecule has 0 heterocycles. The van der Waals surface area contributed by atoms with Crippen LogP contribution >= 0.6 is 0 Å². The Bertz CT molecular complexity index is 332. The second-order valence-corrected chi connectivity index (χ2v) is 7.03. The standard InChI is InChI=1S/C15H26O2/c1-10(5-6-16)11-7-13(17)15(4)9-14(2,3)8-12(11)15/h8,10-11,13,16-17H,5-7,9H2,1-4H3/t10-,11+,13+,15+/m1/s1. The van der Waals surface area contributed by atoms with E-state index in [0.29, 0.717) is 11.8 Å². The number of aliphatic hydroxyl groups excluding tert-OH is 2. The number of hydrogen-bond donors (Lipinski definition) is 2. The van der Waals surface area contributed by atoms with Gasteiger partial charge in [-0.3, -0.25) is 0 Å². The van der Waals surface area contributed by atoms with E-state index in [4.69, 9.17) is 5.11 Å². The van der Waals surface area contributed by atoms with Gasteiger partial charge in [-0.1, -0.05) is 39.3 Å². The lowest BCUT2D eigenvalue weighted by atomic mass is 9.77. The molecule has 2 aliphatic carbocycles. The molecular weight excluding hydrogens is 212 g/mol. The average molecular weight is 238 g/mol. The van der Waals surface area contributed by atoms with E-state index in [0.717, 1.165) is 19.3 Å². The first-order valence-corrected chi connectivity index (χ1v) is 6.82. The Balaban J connectivity index is 2.28. The van der Waals surface area contributed by atoms with Crippen molar-refractivity contribution in [2.45, 2.75) is 53.1 Å². The van der Waals surface area contributed by atoms with E-state index >= 15 is 0 Å². The lowest BCUT2D eigenvalue weighted by Gasteiger charge is -2.29. The van der Waals surface area contributed by atoms with Crippen LogP contribution in [0.25, 0.3) is 0 Å². The summed E-state index contributed by atoms with van der Waals surface area (Å²) in [6, 6.07) is 0. The number of aliphatic hydroxyl groups is 2. The highest BCUT2D eigenvalue weighted by Crippen LogP contribution is 2.60. The third-order valence-electron chi connectivity index (χ3n) is 4.91. The highest BCUT2D eigenvalue weighted by atomic mass is 16.3. The van der Waals surface area contributed by atoms with Gasteiger partial charge in [0.15, 0.2) is 0 Å². The Morgan fingerprint density at radius 1 is 1.41 bits per heavy atom. The van der Waals surface area contributed by atoms with Crippen LogP contribution in [0.3, 0.4) is 0 Å². The van der Waals surface area contributed by atoms with Crippen LogP contribution in [0.5, 0.6) is 0 Å². The summed E-state index contributed by atoms with van der Waals surface area (Å²) in [5.74, 6) is 0.931. The Morgan fingerprint density at radius 2 is 2.06 bits per heavy atom. The molecule has 0 radical (unpaired) electrons. The molecule has 98 valence electrons. The first-order chi connectivity index (χ1) is 7.80. The molecule has 1 fully saturated rings. The van der Waals surface area contributed by atoms with Crippen LogP contribution in [0.15, 0.2) is 11.6 Å². The zero-order valence-corrected chi connectivity index (χ0v) is 11.5. The molecule has 2 heteroatoms. The van der Waals surface area contributed by atoms with Crippen molar-refractivity contribution in [3.63, 3.8) is 0 Å². The summed E-state index contributed by atoms with van der Waals surface area (Å²) in [5, 5.41) is 19.5. The second kappa shape index (κ2) is 4.10. The molecule has 0 aromatic heterocycles. The summed E-state index contributed by atoms with van der Waals surface area (Å²) >= 11 is 0. The molecule has 2 rings (SSSR count). The van der Waals surface area contributed by atoms with Crippen LogP contribution < -0.4 is 0 Å². The molecule has 0 aromatic rings. The molecule has 0 unspecified atom stereocenters. The van der Waals surface area contributed by atoms with Gasteiger partial charge in [-0.15, -0.1) is 0 Å². The minimum Gasteiger partial charge on any atom is -0.396 e. The van der Waals surface area contributed by atoms with Crippen LogP contribution in [0.2, 0.25) is 0 Å². The predicted octanol–water partition coefficient (Wildman–Crippen LogP) is 2.75. The van der Waals surface area contributed by atoms with Gasteiger partial charge in [-0.05, 0) is 36.5 Å². The Hall–Kier alpha value is -0.340. The summed E-state index contributed by atoms with van der Waals surface area (Å²) in [6.45, 7) is 9.17. The minimum absolute atomic E-state index is 0.0160. The van der Waals surface area contributed by atoms with Gasteiger partial charge in [-0.2, -0.15) is 0 Å². The fourth-order valence-corrected chi connectivity index (χ4v) is 4.10. The first-order valence-electron chi connectivity index (χ1n) is 6.82. The summed E-state index contributed by atoms with van der Waals surface area (Å²) in [7, 11) is 0. The zero-order valence-electron chi connectivity index (χ0n) is 11.5. The van der Waals surface area contributed by atoms with Gasteiger partial charge in [0, 0.05) is 12.0 Å². The van der Waals surface area contributed by atoms with Gasteiger partial charge in [-0.25, -0.2) is 0 Å². The summed E-state index contributed by atoms with van der Waals surface area (Å²) in [4.78, 5) is 0. The Kier molecular flexibility index (Phi) is 3.16. The fourth-order valence-electron chi connectivity index (χ4n) is 4.10. The van der Waals surface area contributed by atoms with Crippen molar-refractivity contribution in [2.75, 3.05) is 6.61 Å². The maximum absolute atomic E-state index is 10.4. The molecule has 0 amide bonds. The molecule has 17 heavy (non-hydrogen) atoms. The van der Waals surface area contributed by atoms with Crippen LogP contribution in [-0.2, 0) is 0 Å². The maximum atomic E-state index is 10.4. The number of allylic oxidation sites excluding steroid dienone is 1. The first kappa shape index (κ1) is 13.1. The molecule has 0 aliphatic heterocycles. The van der Waals surface area contributed by atoms with Crippen LogP contribution in [0.1, 0.15) is 47.0 Å². The number of rotatable bonds is 3. The van der Waals surface area contributed by atoms with Crippen molar-refractivity contribution in [2.24, 2.45) is 22.7 Å². The van der Waals surface area contributed by atoms with Crippen molar-refractivity contribution in [1.29, 1.82) is 0 Å². The molecule has 0 saturated heterocycles. The molecule has 4 atom stereocenters. The van der Waals surface area contributed by atoms with Gasteiger partial charge < -0.3 is 10.2 Å². The van der Waals surface area contributed by atoms with E-state index in [-0.39, 0.29) is 23.5 Å². The topological polar surface area (TPSA) is 40.5 Å². The van der Waals surface area contributed by atoms with E-state index in [1.807, 2.05) is 0 Å². The van der Waals surface area contributed by atoms with E-state index in [1.54, 1.807) is 0 Å². The molecule has 0 bridgehead atoms. The van der Waals surface area contributed by atoms with E-state index in [9.17, 15) is 5.11 Å². The molecular formula is C15H26O2. The van der Waals surface area contributed by atoms with Crippen LogP contribution in [-0.4, -0.2) is 22.9 Å². The number of fused-ring (bicyclic) bond motifs is 1. The lowest BCUT2D eigenvalue weighted by Crippen LogP contribution is -2.28. The molecule has 2 aliphatic rings. The number of hydrogen-bond acceptors (Lipinski definition) is 2. The second-order valence-electron chi connectivity index (χ2n) is 7.03. The Labute approximate surface area is 105 Å². The fraction of sp³-hybridized carbons (Fsp3) is 0.867. The largest absolute Gasteiger partial charge is 0.396 e. The maximum Gasteiger partial charge on any atom is 0.0637 e. The van der Waals surface area contributed by atoms with Gasteiger partial charge in [0.25, 0.3) is 0 Å². The quantitative estimate of drug-likeness (QED) is 0.742. The lowest BCUT2D eigenvalue weighted by molar-refractivity contribution is 0.0657. The zero-order chi connectivity index (χ0) is 12.8. The monoisotopic (exact) mass is 238 g/mol. The van der Waals surface area contributed by atoms with Crippen LogP contribution in [0.4, 0.5) is 0 Å². The van der Waals surface area contributed by atoms with Crippen molar-refractivity contribution in [3.05, 3.63) is 11.6 Å². The van der Waals surface area contributed by atoms with Crippen LogP contribution in [0, 0.1) is 22.7 Å². The van der Waals surface area contributed by atoms with Gasteiger partial charge in [0.2, 0.25) is 0 Å². The SMILES string of the molecule is C[C@H](CCO)[C@@H]1C[C@H](O)[C@@]2(C)CC(C)(C)C=C12. The third-order valence-corrected chi connectivity index (χ3v) is 4.91. The summed E-state index contributed by atoms with van der Waals surface area (Å²) in [6.07, 6.45) is 4.95. The van der Waals surface area contributed by atoms with Crippen molar-refractivity contribution < 1.29 is 10.2 Å². The smallest absolute Gasteiger partial charge is 0.0637 e. The van der Waals surface area contributed by atoms with E-state index in [1.165, 1.54) is 5.57 Å². The van der Waals surface area contributed by atoms with E-state index < -0.39 is 0 Å². The minimum atomic E-state index is -0.207. The summed E-state index contributed by atoms with van der Waals surface area (Å²) < 4.78 is 0. The molecule has 1 saturated carbocycles. The molecule has 2 nitrogen and oxygen atoms in total. The molecule has 0 spiro atoms. The predicted molar refractivity (Wildman–Crippen MR) is 69.6 cm³/mol. The molecule has 2 N–H and O–H groups in total. The van der Waals surface area contributed by atoms with Crippen molar-refractivity contribution in [1.82, 2.24) is 0 Å². The average Bonchev–Trinajstić information content (AvgIpc) is 2.57. The van der Waals surface area contributed by atoms with Gasteiger partial charge in [0.1, 0.15) is 0 Å². The summed E-state index contributed by atoms with van der Waals surface area (Å²) in [5.41, 5.74) is 1.65. The van der Waals surface area contributed by atoms with Crippen molar-refractivity contribution >= 4 is 0 Å². The third kappa shape index (κ3) is 2.06.